The van der Waals surface area contributed by atoms with Gasteiger partial charge in [-0.05, 0) is 48.6 Å². The average Bonchev–Trinajstić information content (AvgIpc) is 2.61. The third-order valence-electron chi connectivity index (χ3n) is 4.33. The van der Waals surface area contributed by atoms with Crippen LogP contribution in [0.4, 0.5) is 5.69 Å². The highest BCUT2D eigenvalue weighted by atomic mass is 16.1. The maximum Gasteiger partial charge on any atom is 0.270 e. The first kappa shape index (κ1) is 15.5. The Morgan fingerprint density at radius 3 is 2.61 bits per heavy atom. The lowest BCUT2D eigenvalue weighted by atomic mass is 9.99. The van der Waals surface area contributed by atoms with Gasteiger partial charge in [-0.2, -0.15) is 0 Å². The monoisotopic (exact) mass is 310 g/mol. The van der Waals surface area contributed by atoms with Crippen molar-refractivity contribution in [2.45, 2.75) is 26.3 Å². The third-order valence-corrected chi connectivity index (χ3v) is 4.33. The maximum atomic E-state index is 12.1. The minimum absolute atomic E-state index is 0.152. The fourth-order valence-electron chi connectivity index (χ4n) is 2.75. The number of anilines is 1. The molecule has 0 spiro atoms. The van der Waals surface area contributed by atoms with Crippen LogP contribution in [0.25, 0.3) is 0 Å². The molecule has 1 saturated heterocycles. The molecule has 0 saturated carbocycles. The molecular weight excluding hydrogens is 288 g/mol. The Bertz CT molecular complexity index is 634. The first-order valence-electron chi connectivity index (χ1n) is 8.10. The fourth-order valence-corrected chi connectivity index (χ4v) is 2.75. The Kier molecular flexibility index (Phi) is 4.86. The molecule has 0 radical (unpaired) electrons. The summed E-state index contributed by atoms with van der Waals surface area (Å²) in [6.07, 6.45) is 7.67. The molecule has 5 heteroatoms. The lowest BCUT2D eigenvalue weighted by molar-refractivity contribution is 0.0946. The summed E-state index contributed by atoms with van der Waals surface area (Å²) in [6.45, 7) is 4.91. The Morgan fingerprint density at radius 2 is 1.96 bits per heavy atom. The van der Waals surface area contributed by atoms with Crippen molar-refractivity contribution in [3.63, 3.8) is 0 Å². The van der Waals surface area contributed by atoms with Crippen molar-refractivity contribution in [1.82, 2.24) is 15.3 Å². The summed E-state index contributed by atoms with van der Waals surface area (Å²) in [7, 11) is 0. The van der Waals surface area contributed by atoms with Crippen LogP contribution in [0.2, 0.25) is 0 Å². The van der Waals surface area contributed by atoms with E-state index in [0.29, 0.717) is 12.2 Å². The minimum atomic E-state index is -0.152. The van der Waals surface area contributed by atoms with Gasteiger partial charge in [0.15, 0.2) is 0 Å². The summed E-state index contributed by atoms with van der Waals surface area (Å²) in [5.41, 5.74) is 2.57. The molecule has 1 aliphatic rings. The van der Waals surface area contributed by atoms with Crippen LogP contribution in [0.15, 0.2) is 42.9 Å². The van der Waals surface area contributed by atoms with Gasteiger partial charge in [0, 0.05) is 32.0 Å². The number of hydrogen-bond donors (Lipinski definition) is 1. The fraction of sp³-hybridized carbons (Fsp3) is 0.389. The molecule has 0 aromatic carbocycles. The molecule has 1 aliphatic heterocycles. The molecule has 0 aliphatic carbocycles. The van der Waals surface area contributed by atoms with Crippen LogP contribution in [0.5, 0.6) is 0 Å². The molecule has 0 unspecified atom stereocenters. The molecular formula is C18H22N4O. The predicted octanol–water partition coefficient (Wildman–Crippen LogP) is 2.64. The summed E-state index contributed by atoms with van der Waals surface area (Å²) in [5.74, 6) is 0.651. The number of nitrogens with one attached hydrogen (secondary N) is 1. The molecule has 23 heavy (non-hydrogen) atoms. The van der Waals surface area contributed by atoms with Gasteiger partial charge >= 0.3 is 0 Å². The molecule has 0 bridgehead atoms. The summed E-state index contributed by atoms with van der Waals surface area (Å²) in [5, 5.41) is 2.88. The lowest BCUT2D eigenvalue weighted by Crippen LogP contribution is -2.33. The summed E-state index contributed by atoms with van der Waals surface area (Å²) in [4.78, 5) is 22.8. The van der Waals surface area contributed by atoms with Gasteiger partial charge < -0.3 is 10.2 Å². The lowest BCUT2D eigenvalue weighted by Gasteiger charge is -2.31. The Hall–Kier alpha value is -2.43. The highest BCUT2D eigenvalue weighted by Crippen LogP contribution is 2.22. The molecule has 2 aromatic rings. The number of nitrogens with zero attached hydrogens (tertiary/aromatic N) is 3. The second kappa shape index (κ2) is 7.22. The van der Waals surface area contributed by atoms with Crippen LogP contribution < -0.4 is 10.2 Å². The molecule has 1 fully saturated rings. The molecule has 3 rings (SSSR count). The van der Waals surface area contributed by atoms with Gasteiger partial charge in [0.05, 0.1) is 11.9 Å². The SMILES string of the molecule is CC1CCN(c2ccc(C(=O)NCc3ccncc3)nc2)CC1. The smallest absolute Gasteiger partial charge is 0.270 e. The highest BCUT2D eigenvalue weighted by Gasteiger charge is 2.16. The summed E-state index contributed by atoms with van der Waals surface area (Å²) >= 11 is 0. The first-order valence-corrected chi connectivity index (χ1v) is 8.10. The van der Waals surface area contributed by atoms with Crippen LogP contribution in [-0.2, 0) is 6.54 Å². The van der Waals surface area contributed by atoms with Gasteiger partial charge in [-0.3, -0.25) is 9.78 Å². The molecule has 120 valence electrons. The number of amides is 1. The zero-order valence-electron chi connectivity index (χ0n) is 13.4. The van der Waals surface area contributed by atoms with E-state index in [1.807, 2.05) is 18.2 Å². The van der Waals surface area contributed by atoms with Crippen LogP contribution in [0, 0.1) is 5.92 Å². The van der Waals surface area contributed by atoms with Crippen molar-refractivity contribution >= 4 is 11.6 Å². The maximum absolute atomic E-state index is 12.1. The van der Waals surface area contributed by atoms with Gasteiger partial charge in [0.25, 0.3) is 5.91 Å². The number of carbonyl (C=O) groups excluding carboxylic acids is 1. The molecule has 2 aromatic heterocycles. The second-order valence-electron chi connectivity index (χ2n) is 6.11. The van der Waals surface area contributed by atoms with Crippen molar-refractivity contribution in [2.75, 3.05) is 18.0 Å². The predicted molar refractivity (Wildman–Crippen MR) is 90.3 cm³/mol. The van der Waals surface area contributed by atoms with E-state index < -0.39 is 0 Å². The van der Waals surface area contributed by atoms with Gasteiger partial charge in [-0.25, -0.2) is 4.98 Å². The zero-order valence-corrected chi connectivity index (χ0v) is 13.4. The topological polar surface area (TPSA) is 58.1 Å². The van der Waals surface area contributed by atoms with Gasteiger partial charge in [-0.1, -0.05) is 6.92 Å². The molecule has 3 heterocycles. The average molecular weight is 310 g/mol. The first-order chi connectivity index (χ1) is 11.2. The minimum Gasteiger partial charge on any atom is -0.370 e. The third kappa shape index (κ3) is 4.06. The second-order valence-corrected chi connectivity index (χ2v) is 6.11. The van der Waals surface area contributed by atoms with E-state index in [2.05, 4.69) is 27.1 Å². The van der Waals surface area contributed by atoms with Crippen LogP contribution in [-0.4, -0.2) is 29.0 Å². The van der Waals surface area contributed by atoms with Crippen molar-refractivity contribution < 1.29 is 4.79 Å². The number of aromatic nitrogens is 2. The van der Waals surface area contributed by atoms with E-state index in [9.17, 15) is 4.79 Å². The van der Waals surface area contributed by atoms with E-state index in [1.165, 1.54) is 12.8 Å². The molecule has 1 amide bonds. The van der Waals surface area contributed by atoms with E-state index in [0.717, 1.165) is 30.3 Å². The van der Waals surface area contributed by atoms with Crippen molar-refractivity contribution in [3.8, 4) is 0 Å². The summed E-state index contributed by atoms with van der Waals surface area (Å²) in [6, 6.07) is 7.56. The van der Waals surface area contributed by atoms with Crippen LogP contribution >= 0.6 is 0 Å². The van der Waals surface area contributed by atoms with Crippen LogP contribution in [0.1, 0.15) is 35.8 Å². The number of hydrogen-bond acceptors (Lipinski definition) is 4. The van der Waals surface area contributed by atoms with E-state index >= 15 is 0 Å². The van der Waals surface area contributed by atoms with E-state index in [1.54, 1.807) is 24.7 Å². The van der Waals surface area contributed by atoms with Crippen molar-refractivity contribution in [1.29, 1.82) is 0 Å². The largest absolute Gasteiger partial charge is 0.370 e. The van der Waals surface area contributed by atoms with Crippen molar-refractivity contribution in [2.24, 2.45) is 5.92 Å². The molecule has 5 nitrogen and oxygen atoms in total. The standard InChI is InChI=1S/C18H22N4O/c1-14-6-10-22(11-7-14)16-2-3-17(20-13-16)18(23)21-12-15-4-8-19-9-5-15/h2-5,8-9,13-14H,6-7,10-12H2,1H3,(H,21,23). The van der Waals surface area contributed by atoms with E-state index in [4.69, 9.17) is 0 Å². The number of pyridine rings is 2. The zero-order chi connectivity index (χ0) is 16.1. The molecule has 1 N–H and O–H groups in total. The molecule has 0 atom stereocenters. The van der Waals surface area contributed by atoms with Gasteiger partial charge in [0.1, 0.15) is 5.69 Å². The Balaban J connectivity index is 1.57. The number of piperidine rings is 1. The quantitative estimate of drug-likeness (QED) is 0.943. The normalized spacial score (nSPS) is 15.4. The van der Waals surface area contributed by atoms with Crippen LogP contribution in [0.3, 0.4) is 0 Å². The van der Waals surface area contributed by atoms with Gasteiger partial charge in [-0.15, -0.1) is 0 Å². The Morgan fingerprint density at radius 1 is 1.22 bits per heavy atom. The van der Waals surface area contributed by atoms with Gasteiger partial charge in [0.2, 0.25) is 0 Å². The number of rotatable bonds is 4. The van der Waals surface area contributed by atoms with E-state index in [-0.39, 0.29) is 5.91 Å². The highest BCUT2D eigenvalue weighted by molar-refractivity contribution is 5.92. The summed E-state index contributed by atoms with van der Waals surface area (Å²) < 4.78 is 0. The Labute approximate surface area is 136 Å². The number of carbonyl (C=O) groups is 1. The van der Waals surface area contributed by atoms with Crippen molar-refractivity contribution in [3.05, 3.63) is 54.1 Å².